The Morgan fingerprint density at radius 1 is 1.41 bits per heavy atom. The number of aliphatic imine (C=N–C) groups is 1. The second kappa shape index (κ2) is 11.2. The van der Waals surface area contributed by atoms with Crippen molar-refractivity contribution in [3.8, 4) is 5.75 Å². The van der Waals surface area contributed by atoms with E-state index < -0.39 is 5.09 Å². The number of thioether (sulfide) groups is 1. The van der Waals surface area contributed by atoms with Gasteiger partial charge in [0.2, 0.25) is 5.12 Å². The smallest absolute Gasteiger partial charge is 0.291 e. The van der Waals surface area contributed by atoms with Crippen molar-refractivity contribution in [3.05, 3.63) is 39.9 Å². The standard InChI is InChI=1S/C12H17N3O2S.HNO3/c1-17-10-5-3-9(4-6-10)11(16)18-8-2-7-15-12(13)14;2-1(3)4/h3-6H,2,7-8H2,1H3,(H4,13,14,15);(H,2,3,4). The number of carbonyl (C=O) groups is 1. The van der Waals surface area contributed by atoms with E-state index in [0.717, 1.165) is 12.2 Å². The van der Waals surface area contributed by atoms with E-state index >= 15 is 0 Å². The van der Waals surface area contributed by atoms with E-state index in [0.29, 0.717) is 17.9 Å². The first-order chi connectivity index (χ1) is 10.4. The average molecular weight is 330 g/mol. The molecule has 9 nitrogen and oxygen atoms in total. The van der Waals surface area contributed by atoms with Crippen LogP contribution in [0.3, 0.4) is 0 Å². The molecular weight excluding hydrogens is 312 g/mol. The van der Waals surface area contributed by atoms with Crippen LogP contribution in [0.2, 0.25) is 0 Å². The van der Waals surface area contributed by atoms with Crippen LogP contribution in [0.5, 0.6) is 5.75 Å². The summed E-state index contributed by atoms with van der Waals surface area (Å²) in [5, 5.41) is 13.7. The molecule has 122 valence electrons. The van der Waals surface area contributed by atoms with Crippen molar-refractivity contribution in [2.75, 3.05) is 19.4 Å². The topological polar surface area (TPSA) is 154 Å². The molecule has 0 aliphatic rings. The van der Waals surface area contributed by atoms with Crippen molar-refractivity contribution in [3.63, 3.8) is 0 Å². The van der Waals surface area contributed by atoms with Crippen LogP contribution in [-0.4, -0.2) is 40.8 Å². The number of nitrogens with two attached hydrogens (primary N) is 2. The summed E-state index contributed by atoms with van der Waals surface area (Å²) in [5.74, 6) is 1.52. The van der Waals surface area contributed by atoms with Gasteiger partial charge in [0.15, 0.2) is 5.96 Å². The van der Waals surface area contributed by atoms with Gasteiger partial charge < -0.3 is 21.4 Å². The van der Waals surface area contributed by atoms with Crippen LogP contribution >= 0.6 is 11.8 Å². The molecule has 0 amide bonds. The Hall–Kier alpha value is -2.49. The Morgan fingerprint density at radius 2 is 1.95 bits per heavy atom. The maximum absolute atomic E-state index is 11.8. The number of guanidine groups is 1. The summed E-state index contributed by atoms with van der Waals surface area (Å²) in [4.78, 5) is 24.0. The molecule has 0 spiro atoms. The van der Waals surface area contributed by atoms with Crippen LogP contribution in [0.15, 0.2) is 29.3 Å². The number of carbonyl (C=O) groups excluding carboxylic acids is 1. The molecule has 0 atom stereocenters. The van der Waals surface area contributed by atoms with E-state index in [9.17, 15) is 4.79 Å². The number of methoxy groups -OCH3 is 1. The van der Waals surface area contributed by atoms with Crippen molar-refractivity contribution in [2.45, 2.75) is 6.42 Å². The summed E-state index contributed by atoms with van der Waals surface area (Å²) < 4.78 is 5.03. The Kier molecular flexibility index (Phi) is 9.93. The molecule has 0 heterocycles. The predicted octanol–water partition coefficient (Wildman–Crippen LogP) is 0.884. The first kappa shape index (κ1) is 19.5. The second-order valence-electron chi connectivity index (χ2n) is 3.76. The van der Waals surface area contributed by atoms with Crippen molar-refractivity contribution in [2.24, 2.45) is 16.5 Å². The maximum Gasteiger partial charge on any atom is 0.291 e. The van der Waals surface area contributed by atoms with Gasteiger partial charge >= 0.3 is 0 Å². The van der Waals surface area contributed by atoms with Gasteiger partial charge in [-0.3, -0.25) is 9.79 Å². The van der Waals surface area contributed by atoms with E-state index in [-0.39, 0.29) is 11.1 Å². The van der Waals surface area contributed by atoms with E-state index in [1.807, 2.05) is 0 Å². The number of ether oxygens (including phenoxy) is 1. The molecule has 0 radical (unpaired) electrons. The van der Waals surface area contributed by atoms with Gasteiger partial charge in [0, 0.05) is 17.9 Å². The molecule has 0 aliphatic heterocycles. The van der Waals surface area contributed by atoms with Crippen LogP contribution in [-0.2, 0) is 0 Å². The lowest BCUT2D eigenvalue weighted by Gasteiger charge is -2.02. The molecule has 0 fully saturated rings. The fraction of sp³-hybridized carbons (Fsp3) is 0.333. The zero-order valence-electron chi connectivity index (χ0n) is 12.0. The highest BCUT2D eigenvalue weighted by Crippen LogP contribution is 2.17. The quantitative estimate of drug-likeness (QED) is 0.228. The number of hydrogen-bond donors (Lipinski definition) is 3. The van der Waals surface area contributed by atoms with E-state index in [2.05, 4.69) is 4.99 Å². The summed E-state index contributed by atoms with van der Waals surface area (Å²) in [5.41, 5.74) is 11.1. The highest BCUT2D eigenvalue weighted by atomic mass is 32.2. The zero-order chi connectivity index (χ0) is 17.0. The number of benzene rings is 1. The van der Waals surface area contributed by atoms with Crippen LogP contribution in [0.4, 0.5) is 0 Å². The molecule has 5 N–H and O–H groups in total. The highest BCUT2D eigenvalue weighted by molar-refractivity contribution is 8.14. The molecule has 1 aromatic carbocycles. The Morgan fingerprint density at radius 3 is 2.41 bits per heavy atom. The van der Waals surface area contributed by atoms with Gasteiger partial charge in [-0.25, -0.2) is 0 Å². The van der Waals surface area contributed by atoms with E-state index in [1.54, 1.807) is 31.4 Å². The number of hydrogen-bond acceptors (Lipinski definition) is 6. The fourth-order valence-electron chi connectivity index (χ4n) is 1.25. The number of rotatable bonds is 6. The highest BCUT2D eigenvalue weighted by Gasteiger charge is 2.06. The normalized spacial score (nSPS) is 9.14. The molecule has 0 aromatic heterocycles. The lowest BCUT2D eigenvalue weighted by molar-refractivity contribution is -0.742. The maximum atomic E-state index is 11.8. The third kappa shape index (κ3) is 10.3. The molecule has 0 bridgehead atoms. The summed E-state index contributed by atoms with van der Waals surface area (Å²) in [6, 6.07) is 7.05. The van der Waals surface area contributed by atoms with Gasteiger partial charge in [0.05, 0.1) is 7.11 Å². The third-order valence-corrected chi connectivity index (χ3v) is 3.15. The van der Waals surface area contributed by atoms with Crippen molar-refractivity contribution in [1.82, 2.24) is 0 Å². The van der Waals surface area contributed by atoms with Crippen molar-refractivity contribution < 1.29 is 19.8 Å². The second-order valence-corrected chi connectivity index (χ2v) is 4.83. The first-order valence-corrected chi connectivity index (χ1v) is 7.05. The molecule has 0 unspecified atom stereocenters. The van der Waals surface area contributed by atoms with Crippen LogP contribution in [0.1, 0.15) is 16.8 Å². The molecule has 0 saturated heterocycles. The van der Waals surface area contributed by atoms with Gasteiger partial charge in [0.25, 0.3) is 5.09 Å². The van der Waals surface area contributed by atoms with Gasteiger partial charge in [-0.15, -0.1) is 10.1 Å². The van der Waals surface area contributed by atoms with Crippen LogP contribution in [0, 0.1) is 10.1 Å². The minimum Gasteiger partial charge on any atom is -0.497 e. The lowest BCUT2D eigenvalue weighted by atomic mass is 10.2. The zero-order valence-corrected chi connectivity index (χ0v) is 12.8. The largest absolute Gasteiger partial charge is 0.497 e. The average Bonchev–Trinajstić information content (AvgIpc) is 2.46. The van der Waals surface area contributed by atoms with Crippen molar-refractivity contribution in [1.29, 1.82) is 0 Å². The Bertz CT molecular complexity index is 499. The molecule has 10 heteroatoms. The SMILES string of the molecule is COc1ccc(C(=O)SCCCN=C(N)N)cc1.O=[N+]([O-])O. The summed E-state index contributed by atoms with van der Waals surface area (Å²) in [6.45, 7) is 0.547. The molecule has 0 saturated carbocycles. The minimum absolute atomic E-state index is 0.0438. The monoisotopic (exact) mass is 330 g/mol. The van der Waals surface area contributed by atoms with Crippen LogP contribution in [0.25, 0.3) is 0 Å². The van der Waals surface area contributed by atoms with Gasteiger partial charge in [0.1, 0.15) is 5.75 Å². The first-order valence-electron chi connectivity index (χ1n) is 6.06. The lowest BCUT2D eigenvalue weighted by Crippen LogP contribution is -2.23. The molecule has 22 heavy (non-hydrogen) atoms. The fourth-order valence-corrected chi connectivity index (χ4v) is 2.01. The number of nitrogens with zero attached hydrogens (tertiary/aromatic N) is 2. The van der Waals surface area contributed by atoms with E-state index in [4.69, 9.17) is 31.5 Å². The van der Waals surface area contributed by atoms with E-state index in [1.165, 1.54) is 11.8 Å². The minimum atomic E-state index is -1.50. The third-order valence-electron chi connectivity index (χ3n) is 2.16. The summed E-state index contributed by atoms with van der Waals surface area (Å²) in [7, 11) is 1.59. The van der Waals surface area contributed by atoms with Crippen LogP contribution < -0.4 is 16.2 Å². The van der Waals surface area contributed by atoms with Crippen molar-refractivity contribution >= 4 is 22.8 Å². The summed E-state index contributed by atoms with van der Waals surface area (Å²) >= 11 is 1.26. The summed E-state index contributed by atoms with van der Waals surface area (Å²) in [6.07, 6.45) is 0.768. The molecule has 1 rings (SSSR count). The Balaban J connectivity index is 0.000000980. The Labute approximate surface area is 131 Å². The van der Waals surface area contributed by atoms with Gasteiger partial charge in [-0.1, -0.05) is 11.8 Å². The molecular formula is C12H18N4O5S. The van der Waals surface area contributed by atoms with Gasteiger partial charge in [-0.2, -0.15) is 0 Å². The molecule has 0 aliphatic carbocycles. The predicted molar refractivity (Wildman–Crippen MR) is 83.9 cm³/mol. The van der Waals surface area contributed by atoms with Gasteiger partial charge in [-0.05, 0) is 30.7 Å². The molecule has 1 aromatic rings.